The zero-order chi connectivity index (χ0) is 15.4. The fourth-order valence-corrected chi connectivity index (χ4v) is 2.13. The van der Waals surface area contributed by atoms with Crippen LogP contribution in [0.25, 0.3) is 0 Å². The number of hydrogen-bond acceptors (Lipinski definition) is 3. The fraction of sp³-hybridized carbons (Fsp3) is 0.188. The van der Waals surface area contributed by atoms with Gasteiger partial charge in [-0.25, -0.2) is 0 Å². The second-order valence-electron chi connectivity index (χ2n) is 4.74. The third-order valence-corrected chi connectivity index (χ3v) is 3.41. The third-order valence-electron chi connectivity index (χ3n) is 3.16. The molecule has 0 bridgehead atoms. The second-order valence-corrected chi connectivity index (χ2v) is 5.18. The Labute approximate surface area is 129 Å². The van der Waals surface area contributed by atoms with Crippen LogP contribution in [0.4, 0.5) is 5.69 Å². The van der Waals surface area contributed by atoms with Crippen molar-refractivity contribution in [2.24, 2.45) is 0 Å². The van der Waals surface area contributed by atoms with E-state index in [2.05, 4.69) is 0 Å². The van der Waals surface area contributed by atoms with Crippen LogP contribution in [0.3, 0.4) is 0 Å². The summed E-state index contributed by atoms with van der Waals surface area (Å²) in [5.74, 6) is 0.406. The number of nitrogens with zero attached hydrogens (tertiary/aromatic N) is 1. The second kappa shape index (κ2) is 6.50. The van der Waals surface area contributed by atoms with Crippen LogP contribution in [0.5, 0.6) is 5.75 Å². The van der Waals surface area contributed by atoms with E-state index in [4.69, 9.17) is 22.1 Å². The van der Waals surface area contributed by atoms with Crippen molar-refractivity contribution in [3.63, 3.8) is 0 Å². The average Bonchev–Trinajstić information content (AvgIpc) is 2.49. The summed E-state index contributed by atoms with van der Waals surface area (Å²) in [4.78, 5) is 14.0. The van der Waals surface area contributed by atoms with Crippen molar-refractivity contribution in [1.82, 2.24) is 4.90 Å². The van der Waals surface area contributed by atoms with Crippen molar-refractivity contribution in [1.29, 1.82) is 0 Å². The first-order valence-electron chi connectivity index (χ1n) is 6.44. The van der Waals surface area contributed by atoms with Gasteiger partial charge in [0.2, 0.25) is 0 Å². The number of benzene rings is 2. The maximum absolute atomic E-state index is 12.4. The van der Waals surface area contributed by atoms with Gasteiger partial charge >= 0.3 is 0 Å². The molecule has 0 aliphatic heterocycles. The van der Waals surface area contributed by atoms with Crippen LogP contribution in [-0.2, 0) is 6.54 Å². The molecule has 21 heavy (non-hydrogen) atoms. The molecule has 2 rings (SSSR count). The van der Waals surface area contributed by atoms with Gasteiger partial charge in [-0.15, -0.1) is 0 Å². The van der Waals surface area contributed by atoms with E-state index in [1.807, 2.05) is 12.1 Å². The first-order chi connectivity index (χ1) is 10.0. The van der Waals surface area contributed by atoms with E-state index in [9.17, 15) is 4.79 Å². The van der Waals surface area contributed by atoms with E-state index < -0.39 is 0 Å². The Balaban J connectivity index is 2.13. The van der Waals surface area contributed by atoms with Gasteiger partial charge < -0.3 is 15.4 Å². The molecule has 0 radical (unpaired) electrons. The van der Waals surface area contributed by atoms with Gasteiger partial charge in [-0.05, 0) is 35.9 Å². The van der Waals surface area contributed by atoms with Crippen LogP contribution in [-0.4, -0.2) is 25.0 Å². The maximum Gasteiger partial charge on any atom is 0.254 e. The number of ether oxygens (including phenoxy) is 1. The molecule has 0 spiro atoms. The van der Waals surface area contributed by atoms with Crippen molar-refractivity contribution in [3.8, 4) is 5.75 Å². The number of nitrogen functional groups attached to an aromatic ring is 1. The highest BCUT2D eigenvalue weighted by molar-refractivity contribution is 6.30. The molecule has 110 valence electrons. The Hall–Kier alpha value is -2.20. The van der Waals surface area contributed by atoms with E-state index in [1.54, 1.807) is 42.3 Å². The van der Waals surface area contributed by atoms with Crippen LogP contribution >= 0.6 is 11.6 Å². The Bertz CT molecular complexity index is 641. The van der Waals surface area contributed by atoms with E-state index in [0.717, 1.165) is 5.56 Å². The molecule has 2 aromatic rings. The maximum atomic E-state index is 12.4. The molecule has 0 fully saturated rings. The molecule has 4 nitrogen and oxygen atoms in total. The van der Waals surface area contributed by atoms with Gasteiger partial charge in [-0.1, -0.05) is 23.7 Å². The number of carbonyl (C=O) groups is 1. The van der Waals surface area contributed by atoms with Crippen molar-refractivity contribution in [2.75, 3.05) is 19.9 Å². The van der Waals surface area contributed by atoms with Crippen molar-refractivity contribution >= 4 is 23.2 Å². The molecule has 0 unspecified atom stereocenters. The molecule has 0 aliphatic carbocycles. The first kappa shape index (κ1) is 15.2. The minimum Gasteiger partial charge on any atom is -0.495 e. The molecule has 2 aromatic carbocycles. The average molecular weight is 305 g/mol. The summed E-state index contributed by atoms with van der Waals surface area (Å²) in [6.45, 7) is 0.503. The van der Waals surface area contributed by atoms with Crippen LogP contribution < -0.4 is 10.5 Å². The summed E-state index contributed by atoms with van der Waals surface area (Å²) < 4.78 is 5.14. The van der Waals surface area contributed by atoms with Crippen LogP contribution in [0.2, 0.25) is 5.02 Å². The lowest BCUT2D eigenvalue weighted by Crippen LogP contribution is -2.26. The van der Waals surface area contributed by atoms with Crippen LogP contribution in [0.1, 0.15) is 15.9 Å². The summed E-state index contributed by atoms with van der Waals surface area (Å²) in [5, 5.41) is 0.677. The Morgan fingerprint density at radius 1 is 1.24 bits per heavy atom. The molecule has 1 amide bonds. The molecule has 0 aliphatic rings. The number of halogens is 1. The van der Waals surface area contributed by atoms with Gasteiger partial charge in [-0.2, -0.15) is 0 Å². The van der Waals surface area contributed by atoms with Gasteiger partial charge in [0.25, 0.3) is 5.91 Å². The van der Waals surface area contributed by atoms with Gasteiger partial charge in [0, 0.05) is 24.2 Å². The monoisotopic (exact) mass is 304 g/mol. The predicted molar refractivity (Wildman–Crippen MR) is 84.7 cm³/mol. The van der Waals surface area contributed by atoms with Crippen LogP contribution in [0.15, 0.2) is 42.5 Å². The van der Waals surface area contributed by atoms with Crippen molar-refractivity contribution in [3.05, 3.63) is 58.6 Å². The summed E-state index contributed by atoms with van der Waals surface area (Å²) in [6.07, 6.45) is 0. The number of nitrogens with two attached hydrogens (primary N) is 1. The Morgan fingerprint density at radius 2 is 1.90 bits per heavy atom. The summed E-state index contributed by atoms with van der Waals surface area (Å²) >= 11 is 5.85. The molecule has 0 atom stereocenters. The zero-order valence-electron chi connectivity index (χ0n) is 12.0. The summed E-state index contributed by atoms with van der Waals surface area (Å²) in [7, 11) is 3.27. The quantitative estimate of drug-likeness (QED) is 0.883. The van der Waals surface area contributed by atoms with Crippen molar-refractivity contribution in [2.45, 2.75) is 6.54 Å². The minimum atomic E-state index is -0.0942. The predicted octanol–water partition coefficient (Wildman–Crippen LogP) is 3.20. The molecular weight excluding hydrogens is 288 g/mol. The third kappa shape index (κ3) is 3.67. The van der Waals surface area contributed by atoms with Gasteiger partial charge in [-0.3, -0.25) is 4.79 Å². The molecule has 0 saturated heterocycles. The lowest BCUT2D eigenvalue weighted by atomic mass is 10.1. The number of amides is 1. The highest BCUT2D eigenvalue weighted by Gasteiger charge is 2.14. The van der Waals surface area contributed by atoms with Gasteiger partial charge in [0.1, 0.15) is 5.75 Å². The largest absolute Gasteiger partial charge is 0.495 e. The Morgan fingerprint density at radius 3 is 2.52 bits per heavy atom. The number of rotatable bonds is 4. The van der Waals surface area contributed by atoms with E-state index >= 15 is 0 Å². The summed E-state index contributed by atoms with van der Waals surface area (Å²) in [6, 6.07) is 12.4. The lowest BCUT2D eigenvalue weighted by molar-refractivity contribution is 0.0785. The fourth-order valence-electron chi connectivity index (χ4n) is 2.00. The Kier molecular flexibility index (Phi) is 4.70. The standard InChI is InChI=1S/C16H17ClN2O2/c1-19(10-11-3-6-13(17)7-4-11)16(20)12-5-8-14(18)15(9-12)21-2/h3-9H,10,18H2,1-2H3. The molecule has 5 heteroatoms. The topological polar surface area (TPSA) is 55.6 Å². The highest BCUT2D eigenvalue weighted by Crippen LogP contribution is 2.23. The molecular formula is C16H17ClN2O2. The molecule has 0 aromatic heterocycles. The van der Waals surface area contributed by atoms with Gasteiger partial charge in [0.05, 0.1) is 12.8 Å². The van der Waals surface area contributed by atoms with Gasteiger partial charge in [0.15, 0.2) is 0 Å². The minimum absolute atomic E-state index is 0.0942. The zero-order valence-corrected chi connectivity index (χ0v) is 12.7. The number of hydrogen-bond donors (Lipinski definition) is 1. The number of anilines is 1. The van der Waals surface area contributed by atoms with E-state index in [0.29, 0.717) is 28.6 Å². The lowest BCUT2D eigenvalue weighted by Gasteiger charge is -2.18. The van der Waals surface area contributed by atoms with E-state index in [1.165, 1.54) is 7.11 Å². The smallest absolute Gasteiger partial charge is 0.254 e. The van der Waals surface area contributed by atoms with Crippen molar-refractivity contribution < 1.29 is 9.53 Å². The molecule has 0 saturated carbocycles. The van der Waals surface area contributed by atoms with Crippen LogP contribution in [0, 0.1) is 0 Å². The normalized spacial score (nSPS) is 10.2. The summed E-state index contributed by atoms with van der Waals surface area (Å²) in [5.41, 5.74) is 7.81. The number of carbonyl (C=O) groups excluding carboxylic acids is 1. The number of methoxy groups -OCH3 is 1. The molecule has 0 heterocycles. The van der Waals surface area contributed by atoms with E-state index in [-0.39, 0.29) is 5.91 Å². The molecule has 2 N–H and O–H groups in total. The highest BCUT2D eigenvalue weighted by atomic mass is 35.5. The SMILES string of the molecule is COc1cc(C(=O)N(C)Cc2ccc(Cl)cc2)ccc1N. The first-order valence-corrected chi connectivity index (χ1v) is 6.82.